The van der Waals surface area contributed by atoms with Gasteiger partial charge in [-0.25, -0.2) is 9.13 Å². The summed E-state index contributed by atoms with van der Waals surface area (Å²) in [5.74, 6) is 1.70. The standard InChI is InChI=1S/C19H23N3O/c1-3-11-21-17-9-4-5-10-18(17)22(19(21)20)12-13-23-16-8-6-7-15(2)14-16/h4-10,14,20H,3,11-13H2,1-2H3/p+1. The van der Waals surface area contributed by atoms with Gasteiger partial charge in [0.25, 0.3) is 0 Å². The van der Waals surface area contributed by atoms with E-state index in [1.807, 2.05) is 18.2 Å². The van der Waals surface area contributed by atoms with Gasteiger partial charge in [-0.2, -0.15) is 0 Å². The topological polar surface area (TPSA) is 44.1 Å². The zero-order valence-electron chi connectivity index (χ0n) is 13.8. The maximum absolute atomic E-state index is 6.38. The molecule has 1 heterocycles. The number of benzene rings is 2. The van der Waals surface area contributed by atoms with Gasteiger partial charge >= 0.3 is 5.95 Å². The van der Waals surface area contributed by atoms with Gasteiger partial charge in [-0.15, -0.1) is 0 Å². The van der Waals surface area contributed by atoms with Gasteiger partial charge < -0.3 is 4.74 Å². The number of para-hydroxylation sites is 2. The number of imidazole rings is 1. The van der Waals surface area contributed by atoms with E-state index >= 15 is 0 Å². The van der Waals surface area contributed by atoms with Gasteiger partial charge in [0.2, 0.25) is 0 Å². The first-order chi connectivity index (χ1) is 11.2. The molecular weight excluding hydrogens is 286 g/mol. The lowest BCUT2D eigenvalue weighted by Crippen LogP contribution is -2.36. The fourth-order valence-corrected chi connectivity index (χ4v) is 2.97. The lowest BCUT2D eigenvalue weighted by molar-refractivity contribution is -0.657. The van der Waals surface area contributed by atoms with Crippen LogP contribution in [0.1, 0.15) is 18.9 Å². The van der Waals surface area contributed by atoms with Crippen LogP contribution in [0, 0.1) is 6.92 Å². The average molecular weight is 310 g/mol. The highest BCUT2D eigenvalue weighted by Crippen LogP contribution is 2.17. The van der Waals surface area contributed by atoms with Crippen molar-refractivity contribution in [3.63, 3.8) is 0 Å². The number of nitrogens with zero attached hydrogens (tertiary/aromatic N) is 2. The Hall–Kier alpha value is -2.49. The number of fused-ring (bicyclic) bond motifs is 1. The summed E-state index contributed by atoms with van der Waals surface area (Å²) in [7, 11) is 0. The fourth-order valence-electron chi connectivity index (χ4n) is 2.97. The number of nitrogen functional groups attached to an aromatic ring is 1. The van der Waals surface area contributed by atoms with Crippen LogP contribution in [0.2, 0.25) is 0 Å². The molecule has 0 radical (unpaired) electrons. The van der Waals surface area contributed by atoms with Crippen molar-refractivity contribution in [2.24, 2.45) is 0 Å². The third-order valence-corrected chi connectivity index (χ3v) is 4.04. The quantitative estimate of drug-likeness (QED) is 0.710. The van der Waals surface area contributed by atoms with E-state index in [9.17, 15) is 0 Å². The van der Waals surface area contributed by atoms with Crippen LogP contribution in [0.15, 0.2) is 48.5 Å². The summed E-state index contributed by atoms with van der Waals surface area (Å²) in [6.45, 7) is 6.49. The lowest BCUT2D eigenvalue weighted by Gasteiger charge is -2.06. The normalized spacial score (nSPS) is 11.0. The van der Waals surface area contributed by atoms with Gasteiger partial charge in [-0.3, -0.25) is 5.73 Å². The van der Waals surface area contributed by atoms with Crippen LogP contribution in [0.4, 0.5) is 5.95 Å². The summed E-state index contributed by atoms with van der Waals surface area (Å²) in [5.41, 5.74) is 9.92. The average Bonchev–Trinajstić information content (AvgIpc) is 2.81. The number of rotatable bonds is 6. The van der Waals surface area contributed by atoms with Crippen molar-refractivity contribution in [3.05, 3.63) is 54.1 Å². The Balaban J connectivity index is 1.81. The highest BCUT2D eigenvalue weighted by Gasteiger charge is 2.19. The van der Waals surface area contributed by atoms with E-state index in [2.05, 4.69) is 53.3 Å². The van der Waals surface area contributed by atoms with E-state index in [0.717, 1.165) is 36.7 Å². The third-order valence-electron chi connectivity index (χ3n) is 4.04. The molecule has 0 aliphatic rings. The van der Waals surface area contributed by atoms with Crippen LogP contribution >= 0.6 is 0 Å². The van der Waals surface area contributed by atoms with Crippen molar-refractivity contribution >= 4 is 17.0 Å². The Kier molecular flexibility index (Phi) is 4.51. The fraction of sp³-hybridized carbons (Fsp3) is 0.316. The number of anilines is 1. The van der Waals surface area contributed by atoms with Crippen molar-refractivity contribution in [1.29, 1.82) is 0 Å². The molecule has 3 rings (SSSR count). The smallest absolute Gasteiger partial charge is 0.356 e. The maximum Gasteiger partial charge on any atom is 0.356 e. The summed E-state index contributed by atoms with van der Waals surface area (Å²) in [4.78, 5) is 0. The zero-order valence-corrected chi connectivity index (χ0v) is 13.8. The third kappa shape index (κ3) is 3.16. The summed E-state index contributed by atoms with van der Waals surface area (Å²) in [6, 6.07) is 16.5. The maximum atomic E-state index is 6.38. The molecule has 0 unspecified atom stereocenters. The van der Waals surface area contributed by atoms with E-state index < -0.39 is 0 Å². The largest absolute Gasteiger partial charge is 0.490 e. The number of hydrogen-bond acceptors (Lipinski definition) is 2. The molecule has 0 aliphatic carbocycles. The van der Waals surface area contributed by atoms with Crippen molar-refractivity contribution in [3.8, 4) is 5.75 Å². The Bertz CT molecular complexity index is 807. The number of nitrogens with two attached hydrogens (primary N) is 1. The molecule has 4 nitrogen and oxygen atoms in total. The molecule has 2 N–H and O–H groups in total. The molecule has 23 heavy (non-hydrogen) atoms. The number of hydrogen-bond donors (Lipinski definition) is 1. The first-order valence-electron chi connectivity index (χ1n) is 8.16. The molecule has 0 saturated carbocycles. The molecule has 120 valence electrons. The van der Waals surface area contributed by atoms with Gasteiger partial charge in [0.1, 0.15) is 29.9 Å². The highest BCUT2D eigenvalue weighted by molar-refractivity contribution is 5.73. The van der Waals surface area contributed by atoms with E-state index in [1.165, 1.54) is 11.1 Å². The Morgan fingerprint density at radius 1 is 1.13 bits per heavy atom. The molecule has 0 fully saturated rings. The highest BCUT2D eigenvalue weighted by atomic mass is 16.5. The molecule has 4 heteroatoms. The summed E-state index contributed by atoms with van der Waals surface area (Å²) < 4.78 is 10.2. The van der Waals surface area contributed by atoms with Crippen molar-refractivity contribution in [2.75, 3.05) is 12.3 Å². The Morgan fingerprint density at radius 2 is 1.96 bits per heavy atom. The van der Waals surface area contributed by atoms with Gasteiger partial charge in [0.15, 0.2) is 0 Å². The second kappa shape index (κ2) is 6.73. The van der Waals surface area contributed by atoms with Crippen molar-refractivity contribution in [1.82, 2.24) is 4.57 Å². The van der Waals surface area contributed by atoms with Crippen LogP contribution in [0.25, 0.3) is 11.0 Å². The minimum Gasteiger partial charge on any atom is -0.490 e. The SMILES string of the molecule is CCC[n+]1c(N)n(CCOc2cccc(C)c2)c2ccccc21. The van der Waals surface area contributed by atoms with E-state index in [1.54, 1.807) is 0 Å². The minimum absolute atomic E-state index is 0.596. The molecule has 0 saturated heterocycles. The van der Waals surface area contributed by atoms with Gasteiger partial charge in [-0.1, -0.05) is 31.2 Å². The second-order valence-corrected chi connectivity index (χ2v) is 5.82. The van der Waals surface area contributed by atoms with Crippen LogP contribution in [-0.2, 0) is 13.1 Å². The van der Waals surface area contributed by atoms with Crippen molar-refractivity contribution < 1.29 is 9.30 Å². The predicted octanol–water partition coefficient (Wildman–Crippen LogP) is 3.31. The summed E-state index contributed by atoms with van der Waals surface area (Å²) in [5, 5.41) is 0. The first-order valence-corrected chi connectivity index (χ1v) is 8.16. The summed E-state index contributed by atoms with van der Waals surface area (Å²) in [6.07, 6.45) is 1.06. The number of aryl methyl sites for hydroxylation is 2. The molecule has 0 amide bonds. The van der Waals surface area contributed by atoms with Crippen LogP contribution in [0.3, 0.4) is 0 Å². The van der Waals surface area contributed by atoms with E-state index in [-0.39, 0.29) is 0 Å². The Labute approximate surface area is 137 Å². The van der Waals surface area contributed by atoms with Gasteiger partial charge in [0, 0.05) is 0 Å². The van der Waals surface area contributed by atoms with Crippen molar-refractivity contribution in [2.45, 2.75) is 33.4 Å². The monoisotopic (exact) mass is 310 g/mol. The van der Waals surface area contributed by atoms with Crippen LogP contribution in [-0.4, -0.2) is 11.2 Å². The van der Waals surface area contributed by atoms with Crippen LogP contribution in [0.5, 0.6) is 5.75 Å². The minimum atomic E-state index is 0.596. The molecule has 0 atom stereocenters. The van der Waals surface area contributed by atoms with Gasteiger partial charge in [0.05, 0.1) is 6.54 Å². The molecule has 3 aromatic rings. The molecule has 0 spiro atoms. The predicted molar refractivity (Wildman–Crippen MR) is 93.5 cm³/mol. The van der Waals surface area contributed by atoms with Crippen LogP contribution < -0.4 is 15.0 Å². The van der Waals surface area contributed by atoms with E-state index in [4.69, 9.17) is 10.5 Å². The molecule has 0 bridgehead atoms. The van der Waals surface area contributed by atoms with Gasteiger partial charge in [-0.05, 0) is 43.2 Å². The molecule has 1 aromatic heterocycles. The number of ether oxygens (including phenoxy) is 1. The molecule has 2 aromatic carbocycles. The lowest BCUT2D eigenvalue weighted by atomic mass is 10.2. The molecular formula is C19H24N3O+. The summed E-state index contributed by atoms with van der Waals surface area (Å²) >= 11 is 0. The second-order valence-electron chi connectivity index (χ2n) is 5.82. The van der Waals surface area contributed by atoms with E-state index in [0.29, 0.717) is 6.61 Å². The molecule has 0 aliphatic heterocycles. The number of aromatic nitrogens is 2. The zero-order chi connectivity index (χ0) is 16.2. The first kappa shape index (κ1) is 15.4. The Morgan fingerprint density at radius 3 is 2.74 bits per heavy atom.